The topological polar surface area (TPSA) is 78.9 Å². The van der Waals surface area contributed by atoms with Gasteiger partial charge in [0.25, 0.3) is 0 Å². The Morgan fingerprint density at radius 2 is 0.494 bits per heavy atom. The second kappa shape index (κ2) is 67.6. The lowest BCUT2D eigenvalue weighted by molar-refractivity contribution is -0.167. The van der Waals surface area contributed by atoms with Crippen molar-refractivity contribution in [3.63, 3.8) is 0 Å². The summed E-state index contributed by atoms with van der Waals surface area (Å²) >= 11 is 0. The highest BCUT2D eigenvalue weighted by molar-refractivity contribution is 5.71. The molecule has 0 spiro atoms. The van der Waals surface area contributed by atoms with Crippen molar-refractivity contribution in [2.24, 2.45) is 0 Å². The van der Waals surface area contributed by atoms with Gasteiger partial charge < -0.3 is 14.2 Å². The number of hydrogen-bond donors (Lipinski definition) is 0. The van der Waals surface area contributed by atoms with Gasteiger partial charge in [-0.2, -0.15) is 0 Å². The van der Waals surface area contributed by atoms with Crippen LogP contribution in [0.1, 0.15) is 367 Å². The van der Waals surface area contributed by atoms with Gasteiger partial charge in [-0.15, -0.1) is 0 Å². The molecule has 0 saturated carbocycles. The van der Waals surface area contributed by atoms with Crippen LogP contribution in [0, 0.1) is 0 Å². The number of carbonyl (C=O) groups excluding carboxylic acids is 3. The summed E-state index contributed by atoms with van der Waals surface area (Å²) in [6.45, 7) is 6.56. The van der Waals surface area contributed by atoms with Crippen LogP contribution in [0.5, 0.6) is 0 Å². The number of unbranched alkanes of at least 4 members (excludes halogenated alkanes) is 43. The van der Waals surface area contributed by atoms with E-state index >= 15 is 0 Å². The first-order chi connectivity index (χ1) is 39.0. The molecule has 79 heavy (non-hydrogen) atoms. The Bertz CT molecular complexity index is 1410. The molecule has 0 fully saturated rings. The normalized spacial score (nSPS) is 12.4. The first-order valence-corrected chi connectivity index (χ1v) is 34.8. The maximum atomic E-state index is 12.9. The molecule has 0 saturated heterocycles. The Morgan fingerprint density at radius 3 is 0.785 bits per heavy atom. The van der Waals surface area contributed by atoms with Crippen molar-refractivity contribution in [3.8, 4) is 0 Å². The molecule has 0 amide bonds. The summed E-state index contributed by atoms with van der Waals surface area (Å²) in [5, 5.41) is 0. The first-order valence-electron chi connectivity index (χ1n) is 34.8. The fourth-order valence-corrected chi connectivity index (χ4v) is 10.3. The summed E-state index contributed by atoms with van der Waals surface area (Å²) in [7, 11) is 0. The van der Waals surface area contributed by atoms with E-state index in [1.807, 2.05) is 0 Å². The molecule has 6 heteroatoms. The van der Waals surface area contributed by atoms with Crippen LogP contribution in [0.2, 0.25) is 0 Å². The van der Waals surface area contributed by atoms with Gasteiger partial charge >= 0.3 is 17.9 Å². The van der Waals surface area contributed by atoms with Crippen LogP contribution in [-0.2, 0) is 28.6 Å². The second-order valence-corrected chi connectivity index (χ2v) is 23.4. The van der Waals surface area contributed by atoms with Gasteiger partial charge in [0, 0.05) is 19.3 Å². The van der Waals surface area contributed by atoms with E-state index in [0.717, 1.165) is 103 Å². The Hall–Kier alpha value is -2.89. The minimum Gasteiger partial charge on any atom is -0.462 e. The molecule has 1 unspecified atom stereocenters. The van der Waals surface area contributed by atoms with Crippen molar-refractivity contribution in [3.05, 3.63) is 60.8 Å². The highest BCUT2D eigenvalue weighted by atomic mass is 16.6. The highest BCUT2D eigenvalue weighted by Crippen LogP contribution is 2.18. The van der Waals surface area contributed by atoms with E-state index in [0.29, 0.717) is 19.3 Å². The molecule has 0 N–H and O–H groups in total. The average molecular weight is 1110 g/mol. The standard InChI is InChI=1S/C73H132O6/c1-4-7-10-13-16-19-22-25-28-30-32-33-34-35-36-37-38-39-41-42-45-48-51-54-57-60-63-66-72(75)78-69-70(68-77-71(74)65-62-59-56-53-50-47-44-27-24-21-18-15-12-9-6-3)79-73(76)67-64-61-58-55-52-49-46-43-40-31-29-26-23-20-17-14-11-8-5-2/h8,11,17,20,26-27,29,40,43-44,70H,4-7,9-10,12-16,18-19,21-25,28,30-39,41-42,45-69H2,1-3H3/b11-8-,20-17-,29-26-,43-40-,44-27-. The van der Waals surface area contributed by atoms with Crippen LogP contribution in [0.4, 0.5) is 0 Å². The summed E-state index contributed by atoms with van der Waals surface area (Å²) in [4.78, 5) is 38.4. The fourth-order valence-electron chi connectivity index (χ4n) is 10.3. The fraction of sp³-hybridized carbons (Fsp3) is 0.822. The zero-order valence-corrected chi connectivity index (χ0v) is 52.9. The molecule has 0 aliphatic heterocycles. The van der Waals surface area contributed by atoms with E-state index < -0.39 is 6.10 Å². The predicted octanol–water partition coefficient (Wildman–Crippen LogP) is 23.9. The van der Waals surface area contributed by atoms with Crippen molar-refractivity contribution < 1.29 is 28.6 Å². The average Bonchev–Trinajstić information content (AvgIpc) is 3.45. The second-order valence-electron chi connectivity index (χ2n) is 23.4. The van der Waals surface area contributed by atoms with Gasteiger partial charge in [-0.1, -0.05) is 326 Å². The Kier molecular flexibility index (Phi) is 65.1. The first kappa shape index (κ1) is 76.1. The van der Waals surface area contributed by atoms with Gasteiger partial charge in [0.1, 0.15) is 13.2 Å². The number of rotatable bonds is 64. The molecule has 0 heterocycles. The monoisotopic (exact) mass is 1110 g/mol. The van der Waals surface area contributed by atoms with Gasteiger partial charge in [0.2, 0.25) is 0 Å². The zero-order valence-electron chi connectivity index (χ0n) is 52.9. The highest BCUT2D eigenvalue weighted by Gasteiger charge is 2.19. The molecule has 0 aromatic rings. The lowest BCUT2D eigenvalue weighted by atomic mass is 10.0. The van der Waals surface area contributed by atoms with Crippen molar-refractivity contribution in [2.45, 2.75) is 374 Å². The molecule has 0 aromatic heterocycles. The van der Waals surface area contributed by atoms with Crippen LogP contribution in [-0.4, -0.2) is 37.2 Å². The molecule has 0 aromatic carbocycles. The van der Waals surface area contributed by atoms with Crippen molar-refractivity contribution in [2.75, 3.05) is 13.2 Å². The molecule has 0 aliphatic rings. The molecule has 460 valence electrons. The summed E-state index contributed by atoms with van der Waals surface area (Å²) in [6, 6.07) is 0. The summed E-state index contributed by atoms with van der Waals surface area (Å²) in [6.07, 6.45) is 86.8. The van der Waals surface area contributed by atoms with Crippen LogP contribution in [0.25, 0.3) is 0 Å². The lowest BCUT2D eigenvalue weighted by Gasteiger charge is -2.18. The number of hydrogen-bond acceptors (Lipinski definition) is 6. The molecular weight excluding hydrogens is 973 g/mol. The van der Waals surface area contributed by atoms with Gasteiger partial charge in [-0.05, 0) is 83.5 Å². The van der Waals surface area contributed by atoms with E-state index in [1.54, 1.807) is 0 Å². The number of carbonyl (C=O) groups is 3. The Morgan fingerprint density at radius 1 is 0.266 bits per heavy atom. The van der Waals surface area contributed by atoms with E-state index in [1.165, 1.54) is 225 Å². The van der Waals surface area contributed by atoms with Crippen molar-refractivity contribution >= 4 is 17.9 Å². The van der Waals surface area contributed by atoms with Crippen LogP contribution in [0.15, 0.2) is 60.8 Å². The number of allylic oxidation sites excluding steroid dienone is 10. The maximum absolute atomic E-state index is 12.9. The largest absolute Gasteiger partial charge is 0.462 e. The third kappa shape index (κ3) is 65.8. The Labute approximate surface area is 491 Å². The van der Waals surface area contributed by atoms with Gasteiger partial charge in [-0.3, -0.25) is 14.4 Å². The maximum Gasteiger partial charge on any atom is 0.306 e. The van der Waals surface area contributed by atoms with Crippen LogP contribution in [0.3, 0.4) is 0 Å². The molecule has 0 aliphatic carbocycles. The Balaban J connectivity index is 4.27. The molecular formula is C73H132O6. The molecule has 1 atom stereocenters. The summed E-state index contributed by atoms with van der Waals surface area (Å²) in [5.74, 6) is -0.880. The molecule has 0 bridgehead atoms. The summed E-state index contributed by atoms with van der Waals surface area (Å²) < 4.78 is 17.0. The van der Waals surface area contributed by atoms with Crippen molar-refractivity contribution in [1.82, 2.24) is 0 Å². The van der Waals surface area contributed by atoms with Gasteiger partial charge in [0.05, 0.1) is 0 Å². The van der Waals surface area contributed by atoms with Gasteiger partial charge in [-0.25, -0.2) is 0 Å². The number of esters is 3. The van der Waals surface area contributed by atoms with Crippen LogP contribution >= 0.6 is 0 Å². The lowest BCUT2D eigenvalue weighted by Crippen LogP contribution is -2.30. The minimum atomic E-state index is -0.785. The minimum absolute atomic E-state index is 0.0793. The third-order valence-corrected chi connectivity index (χ3v) is 15.5. The quantitative estimate of drug-likeness (QED) is 0.0261. The third-order valence-electron chi connectivity index (χ3n) is 15.5. The molecule has 6 nitrogen and oxygen atoms in total. The summed E-state index contributed by atoms with van der Waals surface area (Å²) in [5.41, 5.74) is 0. The predicted molar refractivity (Wildman–Crippen MR) is 344 cm³/mol. The molecule has 0 radical (unpaired) electrons. The van der Waals surface area contributed by atoms with Crippen molar-refractivity contribution in [1.29, 1.82) is 0 Å². The zero-order chi connectivity index (χ0) is 57.1. The van der Waals surface area contributed by atoms with E-state index in [9.17, 15) is 14.4 Å². The number of ether oxygens (including phenoxy) is 3. The molecule has 0 rings (SSSR count). The van der Waals surface area contributed by atoms with Crippen LogP contribution < -0.4 is 0 Å². The smallest absolute Gasteiger partial charge is 0.306 e. The van der Waals surface area contributed by atoms with E-state index in [4.69, 9.17) is 14.2 Å². The van der Waals surface area contributed by atoms with E-state index in [2.05, 4.69) is 81.5 Å². The van der Waals surface area contributed by atoms with E-state index in [-0.39, 0.29) is 31.1 Å². The SMILES string of the molecule is CC/C=C\C/C=C\C/C=C\C/C=C\CCCCCCCCC(=O)OC(COC(=O)CCCCCCC/C=C\CCCCCCCC)COC(=O)CCCCCCCCCCCCCCCCCCCCCCCCCCCCC. The van der Waals surface area contributed by atoms with Gasteiger partial charge in [0.15, 0.2) is 6.10 Å².